The third-order valence-corrected chi connectivity index (χ3v) is 2.47. The van der Waals surface area contributed by atoms with Gasteiger partial charge in [0.1, 0.15) is 5.69 Å². The quantitative estimate of drug-likeness (QED) is 0.646. The maximum absolute atomic E-state index is 11.7. The fourth-order valence-electron chi connectivity index (χ4n) is 1.75. The van der Waals surface area contributed by atoms with Crippen molar-refractivity contribution in [3.63, 3.8) is 0 Å². The second-order valence-corrected chi connectivity index (χ2v) is 3.41. The molecule has 0 saturated carbocycles. The number of amides is 1. The number of azo groups is 1. The highest BCUT2D eigenvalue weighted by Gasteiger charge is 2.24. The summed E-state index contributed by atoms with van der Waals surface area (Å²) in [5.74, 6) is -0.424. The van der Waals surface area contributed by atoms with Gasteiger partial charge in [-0.05, 0) is 6.08 Å². The van der Waals surface area contributed by atoms with Crippen LogP contribution < -0.4 is 5.56 Å². The maximum Gasteiger partial charge on any atom is 0.299 e. The number of carbonyl (C=O) groups is 1. The number of carbonyl (C=O) groups excluding carboxylic acids is 1. The number of hydrogen-bond donors (Lipinski definition) is 0. The summed E-state index contributed by atoms with van der Waals surface area (Å²) < 4.78 is 1.47. The first-order chi connectivity index (χ1) is 7.77. The van der Waals surface area contributed by atoms with E-state index in [1.807, 2.05) is 0 Å². The lowest BCUT2D eigenvalue weighted by molar-refractivity contribution is 0.100. The van der Waals surface area contributed by atoms with E-state index in [1.54, 1.807) is 12.3 Å². The second kappa shape index (κ2) is 3.06. The average molecular weight is 214 g/mol. The molecule has 0 aromatic carbocycles. The van der Waals surface area contributed by atoms with Crippen molar-refractivity contribution in [2.45, 2.75) is 6.54 Å². The van der Waals surface area contributed by atoms with Gasteiger partial charge in [0.2, 0.25) is 0 Å². The zero-order chi connectivity index (χ0) is 11.1. The van der Waals surface area contributed by atoms with Gasteiger partial charge in [0.15, 0.2) is 0 Å². The summed E-state index contributed by atoms with van der Waals surface area (Å²) in [5.41, 5.74) is 0.949. The molecule has 3 rings (SSSR count). The van der Waals surface area contributed by atoms with E-state index in [2.05, 4.69) is 15.2 Å². The van der Waals surface area contributed by atoms with E-state index in [0.717, 1.165) is 0 Å². The predicted molar refractivity (Wildman–Crippen MR) is 56.3 cm³/mol. The minimum atomic E-state index is -0.424. The fourth-order valence-corrected chi connectivity index (χ4v) is 1.75. The van der Waals surface area contributed by atoms with Crippen molar-refractivity contribution in [1.82, 2.24) is 4.57 Å². The zero-order valence-corrected chi connectivity index (χ0v) is 8.12. The Morgan fingerprint density at radius 2 is 2.12 bits per heavy atom. The van der Waals surface area contributed by atoms with Crippen LogP contribution in [0.5, 0.6) is 0 Å². The van der Waals surface area contributed by atoms with Crippen molar-refractivity contribution in [2.75, 3.05) is 0 Å². The Bertz CT molecular complexity index is 637. The van der Waals surface area contributed by atoms with Crippen LogP contribution in [0.15, 0.2) is 38.4 Å². The summed E-state index contributed by atoms with van der Waals surface area (Å²) in [5, 5.41) is 7.10. The van der Waals surface area contributed by atoms with Gasteiger partial charge in [0.05, 0.1) is 17.5 Å². The molecule has 0 spiro atoms. The Morgan fingerprint density at radius 3 is 3.00 bits per heavy atom. The average Bonchev–Trinajstić information content (AvgIpc) is 2.53. The third kappa shape index (κ3) is 1.10. The van der Waals surface area contributed by atoms with Crippen molar-refractivity contribution in [3.05, 3.63) is 40.0 Å². The van der Waals surface area contributed by atoms with Crippen LogP contribution in [-0.2, 0) is 6.54 Å². The summed E-state index contributed by atoms with van der Waals surface area (Å²) in [6.45, 7) is 0.398. The first kappa shape index (κ1) is 8.90. The van der Waals surface area contributed by atoms with Crippen LogP contribution in [0.2, 0.25) is 0 Å². The molecule has 1 amide bonds. The summed E-state index contributed by atoms with van der Waals surface area (Å²) >= 11 is 0. The smallest absolute Gasteiger partial charge is 0.299 e. The van der Waals surface area contributed by atoms with Crippen molar-refractivity contribution < 1.29 is 4.79 Å². The molecule has 0 radical (unpaired) electrons. The molecule has 2 aliphatic rings. The lowest BCUT2D eigenvalue weighted by Crippen LogP contribution is -2.23. The lowest BCUT2D eigenvalue weighted by atomic mass is 10.1. The highest BCUT2D eigenvalue weighted by atomic mass is 16.2. The van der Waals surface area contributed by atoms with E-state index in [9.17, 15) is 9.59 Å². The highest BCUT2D eigenvalue weighted by Crippen LogP contribution is 2.27. The van der Waals surface area contributed by atoms with E-state index in [4.69, 9.17) is 0 Å². The molecule has 0 unspecified atom stereocenters. The molecule has 1 aromatic rings. The van der Waals surface area contributed by atoms with Crippen LogP contribution in [0.1, 0.15) is 16.1 Å². The van der Waals surface area contributed by atoms with Crippen LogP contribution in [0.3, 0.4) is 0 Å². The largest absolute Gasteiger partial charge is 0.302 e. The Labute approximate surface area is 89.6 Å². The normalized spacial score (nSPS) is 16.1. The summed E-state index contributed by atoms with van der Waals surface area (Å²) in [6.07, 6.45) is 4.82. The summed E-state index contributed by atoms with van der Waals surface area (Å²) in [4.78, 5) is 27.2. The van der Waals surface area contributed by atoms with Gasteiger partial charge in [-0.2, -0.15) is 0 Å². The van der Waals surface area contributed by atoms with Crippen molar-refractivity contribution in [2.24, 2.45) is 15.2 Å². The number of fused-ring (bicyclic) bond motifs is 3. The first-order valence-corrected chi connectivity index (χ1v) is 4.69. The third-order valence-electron chi connectivity index (χ3n) is 2.47. The second-order valence-electron chi connectivity index (χ2n) is 3.41. The topological polar surface area (TPSA) is 76.2 Å². The molecule has 16 heavy (non-hydrogen) atoms. The fraction of sp³-hybridized carbons (Fsp3) is 0.100. The van der Waals surface area contributed by atoms with Gasteiger partial charge < -0.3 is 4.57 Å². The molecule has 0 bridgehead atoms. The van der Waals surface area contributed by atoms with Crippen LogP contribution in [-0.4, -0.2) is 16.7 Å². The Hall–Kier alpha value is -2.37. The zero-order valence-electron chi connectivity index (χ0n) is 8.12. The van der Waals surface area contributed by atoms with E-state index in [1.165, 1.54) is 16.8 Å². The van der Waals surface area contributed by atoms with Crippen LogP contribution in [0, 0.1) is 0 Å². The van der Waals surface area contributed by atoms with Crippen molar-refractivity contribution in [3.8, 4) is 0 Å². The van der Waals surface area contributed by atoms with Gasteiger partial charge in [-0.1, -0.05) is 0 Å². The molecule has 3 heterocycles. The minimum Gasteiger partial charge on any atom is -0.302 e. The molecule has 0 atom stereocenters. The number of pyridine rings is 1. The molecule has 1 aromatic heterocycles. The number of nitrogens with zero attached hydrogens (tertiary/aromatic N) is 4. The molecular formula is C10H6N4O2. The molecule has 6 heteroatoms. The van der Waals surface area contributed by atoms with Gasteiger partial charge in [0.25, 0.3) is 11.5 Å². The molecule has 0 N–H and O–H groups in total. The SMILES string of the molecule is O=C1N=Nc2cc(=O)n3c(c21)C=NC=CC3. The summed E-state index contributed by atoms with van der Waals surface area (Å²) in [6, 6.07) is 1.32. The standard InChI is InChI=1S/C10H6N4O2/c15-8-4-6-9(10(16)13-12-6)7-5-11-2-1-3-14(7)8/h1-2,4-5H,3H2. The van der Waals surface area contributed by atoms with Gasteiger partial charge in [-0.15, -0.1) is 10.2 Å². The Balaban J connectivity index is 2.40. The number of allylic oxidation sites excluding steroid dienone is 1. The van der Waals surface area contributed by atoms with Crippen LogP contribution >= 0.6 is 0 Å². The molecule has 2 aliphatic heterocycles. The van der Waals surface area contributed by atoms with Crippen LogP contribution in [0.4, 0.5) is 5.69 Å². The molecular weight excluding hydrogens is 208 g/mol. The van der Waals surface area contributed by atoms with Gasteiger partial charge in [0, 0.05) is 18.8 Å². The number of rotatable bonds is 0. The molecule has 6 nitrogen and oxygen atoms in total. The lowest BCUT2D eigenvalue weighted by Gasteiger charge is -2.08. The molecule has 78 valence electrons. The molecule has 0 fully saturated rings. The summed E-state index contributed by atoms with van der Waals surface area (Å²) in [7, 11) is 0. The highest BCUT2D eigenvalue weighted by molar-refractivity contribution is 6.07. The van der Waals surface area contributed by atoms with E-state index in [-0.39, 0.29) is 5.56 Å². The van der Waals surface area contributed by atoms with E-state index >= 15 is 0 Å². The minimum absolute atomic E-state index is 0.208. The van der Waals surface area contributed by atoms with Gasteiger partial charge in [-0.25, -0.2) is 0 Å². The van der Waals surface area contributed by atoms with Crippen LogP contribution in [0.25, 0.3) is 0 Å². The number of hydrogen-bond acceptors (Lipinski definition) is 4. The van der Waals surface area contributed by atoms with Crippen molar-refractivity contribution in [1.29, 1.82) is 0 Å². The van der Waals surface area contributed by atoms with E-state index < -0.39 is 5.91 Å². The monoisotopic (exact) mass is 214 g/mol. The Morgan fingerprint density at radius 1 is 1.25 bits per heavy atom. The predicted octanol–water partition coefficient (Wildman–Crippen LogP) is 1.03. The molecule has 0 saturated heterocycles. The number of aromatic nitrogens is 1. The Kier molecular flexibility index (Phi) is 1.70. The van der Waals surface area contributed by atoms with E-state index in [0.29, 0.717) is 23.5 Å². The van der Waals surface area contributed by atoms with Gasteiger partial charge >= 0.3 is 0 Å². The maximum atomic E-state index is 11.7. The van der Waals surface area contributed by atoms with Crippen molar-refractivity contribution >= 4 is 17.8 Å². The molecule has 0 aliphatic carbocycles. The first-order valence-electron chi connectivity index (χ1n) is 4.69. The van der Waals surface area contributed by atoms with Gasteiger partial charge in [-0.3, -0.25) is 14.6 Å². The number of aliphatic imine (C=N–C) groups is 1.